The molecule has 3 rings (SSSR count). The summed E-state index contributed by atoms with van der Waals surface area (Å²) in [6.07, 6.45) is 0.811. The molecule has 0 aromatic carbocycles. The summed E-state index contributed by atoms with van der Waals surface area (Å²) >= 11 is 0. The summed E-state index contributed by atoms with van der Waals surface area (Å²) < 4.78 is 1.74. The van der Waals surface area contributed by atoms with Gasteiger partial charge in [0.2, 0.25) is 6.23 Å². The predicted molar refractivity (Wildman–Crippen MR) is 48.2 cm³/mol. The molecule has 0 bridgehead atoms. The second kappa shape index (κ2) is 2.68. The first-order chi connectivity index (χ1) is 6.86. The lowest BCUT2D eigenvalue weighted by molar-refractivity contribution is -0.483. The third-order valence-corrected chi connectivity index (χ3v) is 2.39. The van der Waals surface area contributed by atoms with Crippen molar-refractivity contribution in [1.82, 2.24) is 4.98 Å². The van der Waals surface area contributed by atoms with Gasteiger partial charge < -0.3 is 5.11 Å². The van der Waals surface area contributed by atoms with Gasteiger partial charge in [0.1, 0.15) is 5.69 Å². The smallest absolute Gasteiger partial charge is 0.347 e. The minimum atomic E-state index is -0.844. The predicted octanol–water partition coefficient (Wildman–Crippen LogP) is 0.311. The Bertz CT molecular complexity index is 452. The first-order valence-corrected chi connectivity index (χ1v) is 4.52. The highest BCUT2D eigenvalue weighted by Gasteiger charge is 2.35. The second-order valence-electron chi connectivity index (χ2n) is 3.25. The largest absolute Gasteiger partial charge is 0.364 e. The molecule has 1 aromatic heterocycles. The van der Waals surface area contributed by atoms with Crippen LogP contribution >= 0.6 is 0 Å². The average Bonchev–Trinajstić information content (AvgIpc) is 2.66. The summed E-state index contributed by atoms with van der Waals surface area (Å²) in [5.41, 5.74) is 1.50. The average molecular weight is 189 g/mol. The van der Waals surface area contributed by atoms with E-state index in [9.17, 15) is 5.11 Å². The standard InChI is InChI=1S/C9H9N4O/c14-9-7-6(2-1-3-10-7)8-11-4-5-13(8)12-9/h1-3,9,14H,4-5H2/q+1. The Kier molecular flexibility index (Phi) is 1.49. The van der Waals surface area contributed by atoms with Crippen LogP contribution in [0.15, 0.2) is 28.4 Å². The van der Waals surface area contributed by atoms with E-state index in [0.29, 0.717) is 5.69 Å². The van der Waals surface area contributed by atoms with Crippen molar-refractivity contribution in [1.29, 1.82) is 0 Å². The maximum absolute atomic E-state index is 9.68. The maximum atomic E-state index is 9.68. The van der Waals surface area contributed by atoms with E-state index in [2.05, 4.69) is 15.1 Å². The first-order valence-electron chi connectivity index (χ1n) is 4.52. The number of hydrogen-bond acceptors (Lipinski definition) is 4. The highest BCUT2D eigenvalue weighted by Crippen LogP contribution is 2.24. The Morgan fingerprint density at radius 1 is 1.50 bits per heavy atom. The normalized spacial score (nSPS) is 23.6. The first kappa shape index (κ1) is 7.75. The summed E-state index contributed by atoms with van der Waals surface area (Å²) in [4.78, 5) is 8.44. The lowest BCUT2D eigenvalue weighted by Crippen LogP contribution is -2.25. The highest BCUT2D eigenvalue weighted by molar-refractivity contribution is 5.94. The van der Waals surface area contributed by atoms with Gasteiger partial charge in [0.05, 0.1) is 5.56 Å². The lowest BCUT2D eigenvalue weighted by Gasteiger charge is -2.12. The highest BCUT2D eigenvalue weighted by atomic mass is 16.3. The summed E-state index contributed by atoms with van der Waals surface area (Å²) in [5, 5.41) is 13.8. The van der Waals surface area contributed by atoms with Gasteiger partial charge in [-0.25, -0.2) is 0 Å². The molecule has 1 aromatic rings. The van der Waals surface area contributed by atoms with Crippen LogP contribution in [0.2, 0.25) is 0 Å². The second-order valence-corrected chi connectivity index (χ2v) is 3.25. The van der Waals surface area contributed by atoms with Crippen LogP contribution < -0.4 is 0 Å². The van der Waals surface area contributed by atoms with E-state index in [1.165, 1.54) is 0 Å². The minimum absolute atomic E-state index is 0.601. The number of azo groups is 2. The fourth-order valence-corrected chi connectivity index (χ4v) is 1.77. The maximum Gasteiger partial charge on any atom is 0.347 e. The molecular formula is C9H9N4O+. The van der Waals surface area contributed by atoms with E-state index in [-0.39, 0.29) is 0 Å². The van der Waals surface area contributed by atoms with Crippen LogP contribution in [0.25, 0.3) is 0 Å². The molecule has 1 unspecified atom stereocenters. The fraction of sp³-hybridized carbons (Fsp3) is 0.333. The van der Waals surface area contributed by atoms with Crippen LogP contribution in [0.4, 0.5) is 0 Å². The molecule has 0 aliphatic carbocycles. The van der Waals surface area contributed by atoms with Gasteiger partial charge in [-0.1, -0.05) is 10.1 Å². The molecule has 0 saturated heterocycles. The molecule has 5 nitrogen and oxygen atoms in total. The van der Waals surface area contributed by atoms with E-state index in [0.717, 1.165) is 24.5 Å². The molecule has 1 N–H and O–H groups in total. The Morgan fingerprint density at radius 3 is 3.36 bits per heavy atom. The van der Waals surface area contributed by atoms with E-state index < -0.39 is 6.23 Å². The molecule has 0 amide bonds. The number of amidine groups is 1. The van der Waals surface area contributed by atoms with Crippen molar-refractivity contribution < 1.29 is 9.80 Å². The zero-order valence-electron chi connectivity index (χ0n) is 7.46. The van der Waals surface area contributed by atoms with Crippen LogP contribution in [0.3, 0.4) is 0 Å². The topological polar surface area (TPSA) is 60.9 Å². The molecule has 2 aliphatic rings. The van der Waals surface area contributed by atoms with Gasteiger partial charge in [0.25, 0.3) is 0 Å². The van der Waals surface area contributed by atoms with Crippen molar-refractivity contribution >= 4 is 5.84 Å². The fourth-order valence-electron chi connectivity index (χ4n) is 1.77. The van der Waals surface area contributed by atoms with Crippen molar-refractivity contribution in [2.75, 3.05) is 13.1 Å². The Hall–Kier alpha value is -1.62. The van der Waals surface area contributed by atoms with Gasteiger partial charge in [0, 0.05) is 6.20 Å². The molecule has 2 aliphatic heterocycles. The van der Waals surface area contributed by atoms with E-state index in [4.69, 9.17) is 0 Å². The van der Waals surface area contributed by atoms with Gasteiger partial charge in [-0.3, -0.25) is 4.98 Å². The molecular weight excluding hydrogens is 180 g/mol. The number of fused-ring (bicyclic) bond motifs is 3. The molecule has 0 radical (unpaired) electrons. The Morgan fingerprint density at radius 2 is 2.43 bits per heavy atom. The number of rotatable bonds is 0. The third-order valence-electron chi connectivity index (χ3n) is 2.39. The number of aliphatic imine (C=N–C) groups is 1. The SMILES string of the molecule is OC1N=[N+]2CCN=C2c2cccnc21. The molecule has 14 heavy (non-hydrogen) atoms. The van der Waals surface area contributed by atoms with Gasteiger partial charge in [0.15, 0.2) is 13.1 Å². The number of hydrogen-bond donors (Lipinski definition) is 1. The monoisotopic (exact) mass is 189 g/mol. The summed E-state index contributed by atoms with van der Waals surface area (Å²) in [6.45, 7) is 1.49. The van der Waals surface area contributed by atoms with Gasteiger partial charge in [-0.2, -0.15) is 0 Å². The summed E-state index contributed by atoms with van der Waals surface area (Å²) in [7, 11) is 0. The Balaban J connectivity index is 2.25. The van der Waals surface area contributed by atoms with Crippen LogP contribution in [0.1, 0.15) is 17.5 Å². The molecule has 0 fully saturated rings. The zero-order chi connectivity index (χ0) is 9.54. The lowest BCUT2D eigenvalue weighted by atomic mass is 10.1. The van der Waals surface area contributed by atoms with E-state index in [1.54, 1.807) is 10.9 Å². The van der Waals surface area contributed by atoms with Crippen molar-refractivity contribution in [2.24, 2.45) is 10.1 Å². The van der Waals surface area contributed by atoms with E-state index >= 15 is 0 Å². The molecule has 0 spiro atoms. The number of nitrogens with zero attached hydrogens (tertiary/aromatic N) is 4. The number of aromatic nitrogens is 1. The third kappa shape index (κ3) is 0.927. The number of aliphatic hydroxyl groups is 1. The molecule has 0 saturated carbocycles. The van der Waals surface area contributed by atoms with Crippen LogP contribution in [-0.4, -0.2) is 33.7 Å². The molecule has 70 valence electrons. The van der Waals surface area contributed by atoms with Crippen molar-refractivity contribution in [3.8, 4) is 0 Å². The van der Waals surface area contributed by atoms with E-state index in [1.807, 2.05) is 12.1 Å². The Labute approximate surface area is 80.4 Å². The molecule has 5 heteroatoms. The van der Waals surface area contributed by atoms with Gasteiger partial charge >= 0.3 is 5.84 Å². The molecule has 3 heterocycles. The van der Waals surface area contributed by atoms with Crippen molar-refractivity contribution in [2.45, 2.75) is 6.23 Å². The minimum Gasteiger partial charge on any atom is -0.364 e. The van der Waals surface area contributed by atoms with Crippen molar-refractivity contribution in [3.05, 3.63) is 29.6 Å². The van der Waals surface area contributed by atoms with Crippen molar-refractivity contribution in [3.63, 3.8) is 0 Å². The summed E-state index contributed by atoms with van der Waals surface area (Å²) in [5.74, 6) is 0.832. The zero-order valence-corrected chi connectivity index (χ0v) is 7.46. The van der Waals surface area contributed by atoms with Gasteiger partial charge in [-0.15, -0.1) is 4.70 Å². The number of pyridine rings is 1. The van der Waals surface area contributed by atoms with Crippen LogP contribution in [0, 0.1) is 0 Å². The number of aliphatic hydroxyl groups excluding tert-OH is 1. The quantitative estimate of drug-likeness (QED) is 0.597. The summed E-state index contributed by atoms with van der Waals surface area (Å²) in [6, 6.07) is 3.76. The van der Waals surface area contributed by atoms with Gasteiger partial charge in [-0.05, 0) is 12.1 Å². The molecule has 1 atom stereocenters. The van der Waals surface area contributed by atoms with Crippen LogP contribution in [-0.2, 0) is 0 Å². The van der Waals surface area contributed by atoms with Crippen LogP contribution in [0.5, 0.6) is 0 Å².